The molecule has 0 spiro atoms. The number of carbonyl (C=O) groups is 1. The predicted octanol–water partition coefficient (Wildman–Crippen LogP) is 2.78. The summed E-state index contributed by atoms with van der Waals surface area (Å²) >= 11 is 0. The summed E-state index contributed by atoms with van der Waals surface area (Å²) in [7, 11) is 0. The van der Waals surface area contributed by atoms with Crippen LogP contribution in [0, 0.1) is 11.7 Å². The van der Waals surface area contributed by atoms with Crippen molar-refractivity contribution in [1.29, 1.82) is 0 Å². The van der Waals surface area contributed by atoms with E-state index in [4.69, 9.17) is 0 Å². The van der Waals surface area contributed by atoms with Crippen molar-refractivity contribution >= 4 is 11.6 Å². The van der Waals surface area contributed by atoms with Gasteiger partial charge in [0.25, 0.3) is 0 Å². The second-order valence-electron chi connectivity index (χ2n) is 4.72. The van der Waals surface area contributed by atoms with Crippen LogP contribution in [0.4, 0.5) is 23.2 Å². The van der Waals surface area contributed by atoms with Crippen LogP contribution in [0.5, 0.6) is 0 Å². The van der Waals surface area contributed by atoms with Crippen LogP contribution in [-0.2, 0) is 11.0 Å². The predicted molar refractivity (Wildman–Crippen MR) is 65.6 cm³/mol. The van der Waals surface area contributed by atoms with Gasteiger partial charge in [-0.1, -0.05) is 0 Å². The second-order valence-corrected chi connectivity index (χ2v) is 4.72. The van der Waals surface area contributed by atoms with Crippen LogP contribution < -0.4 is 10.6 Å². The maximum absolute atomic E-state index is 13.1. The van der Waals surface area contributed by atoms with E-state index in [1.807, 2.05) is 0 Å². The Morgan fingerprint density at radius 2 is 2.10 bits per heavy atom. The molecule has 0 radical (unpaired) electrons. The monoisotopic (exact) mass is 290 g/mol. The summed E-state index contributed by atoms with van der Waals surface area (Å²) in [4.78, 5) is 11.9. The molecule has 1 aliphatic rings. The van der Waals surface area contributed by atoms with Gasteiger partial charge in [0.15, 0.2) is 0 Å². The first kappa shape index (κ1) is 14.8. The van der Waals surface area contributed by atoms with Crippen molar-refractivity contribution in [3.63, 3.8) is 0 Å². The van der Waals surface area contributed by atoms with E-state index in [2.05, 4.69) is 10.6 Å². The number of alkyl halides is 3. The Morgan fingerprint density at radius 1 is 1.35 bits per heavy atom. The van der Waals surface area contributed by atoms with Crippen molar-refractivity contribution < 1.29 is 22.4 Å². The molecule has 20 heavy (non-hydrogen) atoms. The summed E-state index contributed by atoms with van der Waals surface area (Å²) in [5, 5.41) is 5.45. The second kappa shape index (κ2) is 5.78. The molecule has 2 rings (SSSR count). The van der Waals surface area contributed by atoms with Crippen LogP contribution >= 0.6 is 0 Å². The average Bonchev–Trinajstić information content (AvgIpc) is 2.40. The van der Waals surface area contributed by atoms with E-state index < -0.39 is 17.6 Å². The SMILES string of the molecule is O=C(Nc1ccc(F)c(C(F)(F)F)c1)[C@@H]1CCCNC1. The van der Waals surface area contributed by atoms with Crippen LogP contribution in [0.15, 0.2) is 18.2 Å². The lowest BCUT2D eigenvalue weighted by molar-refractivity contribution is -0.140. The van der Waals surface area contributed by atoms with Gasteiger partial charge in [0, 0.05) is 12.2 Å². The lowest BCUT2D eigenvalue weighted by Crippen LogP contribution is -2.37. The number of halogens is 4. The Balaban J connectivity index is 2.11. The standard InChI is InChI=1S/C13H14F4N2O/c14-11-4-3-9(6-10(11)13(15,16)17)19-12(20)8-2-1-5-18-7-8/h3-4,6,8,18H,1-2,5,7H2,(H,19,20)/t8-/m1/s1. The van der Waals surface area contributed by atoms with Crippen LogP contribution in [0.1, 0.15) is 18.4 Å². The molecule has 3 nitrogen and oxygen atoms in total. The number of anilines is 1. The van der Waals surface area contributed by atoms with Crippen LogP contribution in [-0.4, -0.2) is 19.0 Å². The van der Waals surface area contributed by atoms with E-state index in [-0.39, 0.29) is 17.5 Å². The highest BCUT2D eigenvalue weighted by Gasteiger charge is 2.34. The van der Waals surface area contributed by atoms with Gasteiger partial charge in [-0.05, 0) is 37.6 Å². The van der Waals surface area contributed by atoms with Gasteiger partial charge >= 0.3 is 6.18 Å². The van der Waals surface area contributed by atoms with Gasteiger partial charge in [-0.25, -0.2) is 4.39 Å². The third kappa shape index (κ3) is 3.47. The molecule has 0 unspecified atom stereocenters. The van der Waals surface area contributed by atoms with E-state index in [0.717, 1.165) is 19.0 Å². The normalized spacial score (nSPS) is 19.7. The summed E-state index contributed by atoms with van der Waals surface area (Å²) in [6.45, 7) is 1.33. The van der Waals surface area contributed by atoms with E-state index in [1.54, 1.807) is 0 Å². The Hall–Kier alpha value is -1.63. The van der Waals surface area contributed by atoms with Gasteiger partial charge in [0.2, 0.25) is 5.91 Å². The molecule has 0 bridgehead atoms. The van der Waals surface area contributed by atoms with Crippen molar-refractivity contribution in [1.82, 2.24) is 5.32 Å². The van der Waals surface area contributed by atoms with Gasteiger partial charge < -0.3 is 10.6 Å². The first-order valence-corrected chi connectivity index (χ1v) is 6.26. The molecule has 2 N–H and O–H groups in total. The summed E-state index contributed by atoms with van der Waals surface area (Å²) in [5.74, 6) is -1.98. The quantitative estimate of drug-likeness (QED) is 0.822. The summed E-state index contributed by atoms with van der Waals surface area (Å²) in [6.07, 6.45) is -3.25. The molecular formula is C13H14F4N2O. The number of hydrogen-bond donors (Lipinski definition) is 2. The molecule has 1 aliphatic heterocycles. The highest BCUT2D eigenvalue weighted by molar-refractivity contribution is 5.92. The zero-order valence-electron chi connectivity index (χ0n) is 10.6. The summed E-state index contributed by atoms with van der Waals surface area (Å²) in [5.41, 5.74) is -1.42. The lowest BCUT2D eigenvalue weighted by Gasteiger charge is -2.22. The third-order valence-corrected chi connectivity index (χ3v) is 3.21. The van der Waals surface area contributed by atoms with Crippen molar-refractivity contribution in [3.8, 4) is 0 Å². The number of rotatable bonds is 2. The van der Waals surface area contributed by atoms with E-state index >= 15 is 0 Å². The maximum atomic E-state index is 13.1. The Labute approximate surface area is 113 Å². The molecule has 0 saturated carbocycles. The van der Waals surface area contributed by atoms with Gasteiger partial charge in [0.1, 0.15) is 5.82 Å². The highest BCUT2D eigenvalue weighted by Crippen LogP contribution is 2.33. The van der Waals surface area contributed by atoms with E-state index in [9.17, 15) is 22.4 Å². The minimum Gasteiger partial charge on any atom is -0.326 e. The van der Waals surface area contributed by atoms with E-state index in [1.165, 1.54) is 0 Å². The first-order chi connectivity index (χ1) is 9.38. The first-order valence-electron chi connectivity index (χ1n) is 6.26. The van der Waals surface area contributed by atoms with Crippen molar-refractivity contribution in [2.75, 3.05) is 18.4 Å². The zero-order chi connectivity index (χ0) is 14.8. The fourth-order valence-electron chi connectivity index (χ4n) is 2.14. The van der Waals surface area contributed by atoms with Crippen molar-refractivity contribution in [2.24, 2.45) is 5.92 Å². The zero-order valence-corrected chi connectivity index (χ0v) is 10.6. The van der Waals surface area contributed by atoms with Gasteiger partial charge in [-0.2, -0.15) is 13.2 Å². The number of benzene rings is 1. The fraction of sp³-hybridized carbons (Fsp3) is 0.462. The van der Waals surface area contributed by atoms with Gasteiger partial charge in [0.05, 0.1) is 11.5 Å². The van der Waals surface area contributed by atoms with Crippen LogP contribution in [0.3, 0.4) is 0 Å². The molecule has 7 heteroatoms. The maximum Gasteiger partial charge on any atom is 0.419 e. The van der Waals surface area contributed by atoms with Gasteiger partial charge in [-0.3, -0.25) is 4.79 Å². The molecule has 1 aromatic carbocycles. The molecule has 1 heterocycles. The van der Waals surface area contributed by atoms with E-state index in [0.29, 0.717) is 25.1 Å². The lowest BCUT2D eigenvalue weighted by atomic mass is 9.98. The van der Waals surface area contributed by atoms with Crippen LogP contribution in [0.2, 0.25) is 0 Å². The highest BCUT2D eigenvalue weighted by atomic mass is 19.4. The fourth-order valence-corrected chi connectivity index (χ4v) is 2.14. The molecular weight excluding hydrogens is 276 g/mol. The minimum atomic E-state index is -4.78. The molecule has 1 aromatic rings. The molecule has 110 valence electrons. The number of amides is 1. The van der Waals surface area contributed by atoms with Gasteiger partial charge in [-0.15, -0.1) is 0 Å². The Morgan fingerprint density at radius 3 is 2.70 bits per heavy atom. The molecule has 0 aromatic heterocycles. The largest absolute Gasteiger partial charge is 0.419 e. The van der Waals surface area contributed by atoms with Crippen LogP contribution in [0.25, 0.3) is 0 Å². The smallest absolute Gasteiger partial charge is 0.326 e. The van der Waals surface area contributed by atoms with Crippen molar-refractivity contribution in [3.05, 3.63) is 29.6 Å². The topological polar surface area (TPSA) is 41.1 Å². The Bertz CT molecular complexity index is 496. The number of carbonyl (C=O) groups excluding carboxylic acids is 1. The average molecular weight is 290 g/mol. The third-order valence-electron chi connectivity index (χ3n) is 3.21. The number of hydrogen-bond acceptors (Lipinski definition) is 2. The molecule has 0 aliphatic carbocycles. The number of piperidine rings is 1. The summed E-state index contributed by atoms with van der Waals surface area (Å²) in [6, 6.07) is 2.44. The number of nitrogens with one attached hydrogen (secondary N) is 2. The van der Waals surface area contributed by atoms with Crippen molar-refractivity contribution in [2.45, 2.75) is 19.0 Å². The molecule has 1 atom stereocenters. The minimum absolute atomic E-state index is 0.0469. The molecule has 1 saturated heterocycles. The summed E-state index contributed by atoms with van der Waals surface area (Å²) < 4.78 is 50.8. The molecule has 1 amide bonds. The Kier molecular flexibility index (Phi) is 4.27. The molecule has 1 fully saturated rings.